The lowest BCUT2D eigenvalue weighted by Gasteiger charge is -2.34. The Morgan fingerprint density at radius 2 is 1.56 bits per heavy atom. The van der Waals surface area contributed by atoms with Gasteiger partial charge in [0.15, 0.2) is 0 Å². The SMILES string of the molecule is CCOc1ccc(N(CC(=O)N(Cc2ccc(OC)cc2)C(CC)C(=O)NC2CCCC2)S(=O)(=O)c2ccc(SC)cc2)cc1. The summed E-state index contributed by atoms with van der Waals surface area (Å²) in [5, 5.41) is 3.14. The van der Waals surface area contributed by atoms with E-state index < -0.39 is 28.5 Å². The van der Waals surface area contributed by atoms with E-state index in [1.54, 1.807) is 67.8 Å². The number of hydrogen-bond donors (Lipinski definition) is 1. The summed E-state index contributed by atoms with van der Waals surface area (Å²) in [4.78, 5) is 30.4. The highest BCUT2D eigenvalue weighted by Crippen LogP contribution is 2.28. The first-order valence-electron chi connectivity index (χ1n) is 15.3. The van der Waals surface area contributed by atoms with E-state index >= 15 is 0 Å². The standard InChI is InChI=1S/C34H43N3O6S2/c1-5-32(34(39)35-26-9-7-8-10-26)36(23-25-11-15-28(42-3)16-12-25)33(38)24-37(27-13-17-29(18-14-27)43-6-2)45(40,41)31-21-19-30(44-4)20-22-31/h11-22,26,32H,5-10,23-24H2,1-4H3,(H,35,39). The molecule has 0 spiro atoms. The molecule has 45 heavy (non-hydrogen) atoms. The zero-order valence-electron chi connectivity index (χ0n) is 26.4. The summed E-state index contributed by atoms with van der Waals surface area (Å²) in [6, 6.07) is 19.8. The van der Waals surface area contributed by atoms with Crippen LogP contribution in [0, 0.1) is 0 Å². The van der Waals surface area contributed by atoms with Crippen molar-refractivity contribution < 1.29 is 27.5 Å². The van der Waals surface area contributed by atoms with Crippen LogP contribution in [0.3, 0.4) is 0 Å². The van der Waals surface area contributed by atoms with Gasteiger partial charge in [0.1, 0.15) is 24.1 Å². The van der Waals surface area contributed by atoms with E-state index in [0.717, 1.165) is 40.4 Å². The molecule has 0 heterocycles. The molecule has 1 atom stereocenters. The van der Waals surface area contributed by atoms with E-state index in [1.807, 2.05) is 32.2 Å². The molecule has 0 saturated heterocycles. The van der Waals surface area contributed by atoms with Gasteiger partial charge in [-0.1, -0.05) is 31.9 Å². The molecule has 0 radical (unpaired) electrons. The van der Waals surface area contributed by atoms with Crippen LogP contribution in [0.4, 0.5) is 5.69 Å². The minimum absolute atomic E-state index is 0.0645. The number of carbonyl (C=O) groups excluding carboxylic acids is 2. The number of ether oxygens (including phenoxy) is 2. The minimum atomic E-state index is -4.17. The van der Waals surface area contributed by atoms with Crippen LogP contribution in [0.1, 0.15) is 51.5 Å². The molecule has 1 saturated carbocycles. The summed E-state index contributed by atoms with van der Waals surface area (Å²) in [5.41, 5.74) is 1.10. The fourth-order valence-corrected chi connectivity index (χ4v) is 7.32. The number of carbonyl (C=O) groups is 2. The van der Waals surface area contributed by atoms with E-state index in [4.69, 9.17) is 9.47 Å². The Bertz CT molecular complexity index is 1510. The molecule has 3 aromatic rings. The normalized spacial score (nSPS) is 14.0. The van der Waals surface area contributed by atoms with E-state index in [1.165, 1.54) is 16.7 Å². The molecule has 1 aliphatic rings. The van der Waals surface area contributed by atoms with Gasteiger partial charge in [-0.25, -0.2) is 8.42 Å². The molecule has 2 amide bonds. The summed E-state index contributed by atoms with van der Waals surface area (Å²) in [7, 11) is -2.59. The second-order valence-electron chi connectivity index (χ2n) is 10.9. The Balaban J connectivity index is 1.71. The van der Waals surface area contributed by atoms with Crippen LogP contribution in [0.15, 0.2) is 82.6 Å². The molecule has 0 aromatic heterocycles. The zero-order chi connectivity index (χ0) is 32.4. The van der Waals surface area contributed by atoms with Crippen LogP contribution in [0.25, 0.3) is 0 Å². The number of rotatable bonds is 15. The summed E-state index contributed by atoms with van der Waals surface area (Å²) in [6.45, 7) is 3.82. The van der Waals surface area contributed by atoms with Gasteiger partial charge in [0.25, 0.3) is 10.0 Å². The van der Waals surface area contributed by atoms with Gasteiger partial charge < -0.3 is 19.7 Å². The van der Waals surface area contributed by atoms with Crippen LogP contribution in [0.2, 0.25) is 0 Å². The van der Waals surface area contributed by atoms with Crippen molar-refractivity contribution in [1.82, 2.24) is 10.2 Å². The molecule has 1 unspecified atom stereocenters. The zero-order valence-corrected chi connectivity index (χ0v) is 28.0. The predicted molar refractivity (Wildman–Crippen MR) is 178 cm³/mol. The van der Waals surface area contributed by atoms with Crippen molar-refractivity contribution in [2.75, 3.05) is 30.8 Å². The van der Waals surface area contributed by atoms with Gasteiger partial charge in [0.05, 0.1) is 24.3 Å². The smallest absolute Gasteiger partial charge is 0.264 e. The average molecular weight is 654 g/mol. The van der Waals surface area contributed by atoms with Crippen LogP contribution in [-0.2, 0) is 26.2 Å². The number of nitrogens with zero attached hydrogens (tertiary/aromatic N) is 2. The van der Waals surface area contributed by atoms with Crippen LogP contribution in [-0.4, -0.2) is 63.7 Å². The third-order valence-corrected chi connectivity index (χ3v) is 10.5. The van der Waals surface area contributed by atoms with Gasteiger partial charge in [-0.2, -0.15) is 0 Å². The fourth-order valence-electron chi connectivity index (χ4n) is 5.49. The average Bonchev–Trinajstić information content (AvgIpc) is 3.57. The molecule has 4 rings (SSSR count). The lowest BCUT2D eigenvalue weighted by atomic mass is 10.1. The second-order valence-corrected chi connectivity index (χ2v) is 13.6. The van der Waals surface area contributed by atoms with Gasteiger partial charge in [0.2, 0.25) is 11.8 Å². The molecule has 9 nitrogen and oxygen atoms in total. The number of nitrogens with one attached hydrogen (secondary N) is 1. The Morgan fingerprint density at radius 3 is 2.11 bits per heavy atom. The molecule has 0 bridgehead atoms. The van der Waals surface area contributed by atoms with E-state index in [9.17, 15) is 18.0 Å². The summed E-state index contributed by atoms with van der Waals surface area (Å²) in [6.07, 6.45) is 6.22. The summed E-state index contributed by atoms with van der Waals surface area (Å²) >= 11 is 1.51. The number of sulfonamides is 1. The molecule has 1 N–H and O–H groups in total. The number of hydrogen-bond acceptors (Lipinski definition) is 7. The second kappa shape index (κ2) is 16.0. The van der Waals surface area contributed by atoms with Crippen molar-refractivity contribution in [2.24, 2.45) is 0 Å². The van der Waals surface area contributed by atoms with E-state index in [0.29, 0.717) is 30.2 Å². The highest BCUT2D eigenvalue weighted by molar-refractivity contribution is 7.98. The summed E-state index contributed by atoms with van der Waals surface area (Å²) < 4.78 is 40.3. The predicted octanol–water partition coefficient (Wildman–Crippen LogP) is 5.88. The lowest BCUT2D eigenvalue weighted by molar-refractivity contribution is -0.140. The van der Waals surface area contributed by atoms with Gasteiger partial charge >= 0.3 is 0 Å². The Labute approximate surface area is 271 Å². The number of methoxy groups -OCH3 is 1. The van der Waals surface area contributed by atoms with Gasteiger partial charge in [-0.15, -0.1) is 11.8 Å². The first-order chi connectivity index (χ1) is 21.7. The van der Waals surface area contributed by atoms with E-state index in [2.05, 4.69) is 5.32 Å². The Kier molecular flexibility index (Phi) is 12.2. The number of thioether (sulfide) groups is 1. The van der Waals surface area contributed by atoms with Gasteiger partial charge in [0, 0.05) is 17.5 Å². The van der Waals surface area contributed by atoms with Gasteiger partial charge in [-0.05, 0) is 98.7 Å². The highest BCUT2D eigenvalue weighted by atomic mass is 32.2. The van der Waals surface area contributed by atoms with Crippen LogP contribution < -0.4 is 19.1 Å². The maximum absolute atomic E-state index is 14.3. The molecular formula is C34H43N3O6S2. The van der Waals surface area contributed by atoms with Crippen molar-refractivity contribution >= 4 is 39.3 Å². The quantitative estimate of drug-likeness (QED) is 0.204. The third-order valence-electron chi connectivity index (χ3n) is 7.96. The maximum Gasteiger partial charge on any atom is 0.264 e. The number of amides is 2. The number of benzene rings is 3. The molecule has 11 heteroatoms. The van der Waals surface area contributed by atoms with Crippen molar-refractivity contribution in [3.05, 3.63) is 78.4 Å². The molecule has 3 aromatic carbocycles. The fraction of sp³-hybridized carbons (Fsp3) is 0.412. The lowest BCUT2D eigenvalue weighted by Crippen LogP contribution is -2.53. The topological polar surface area (TPSA) is 105 Å². The third kappa shape index (κ3) is 8.73. The van der Waals surface area contributed by atoms with Crippen molar-refractivity contribution in [3.8, 4) is 11.5 Å². The Hall–Kier alpha value is -3.70. The molecule has 1 fully saturated rings. The maximum atomic E-state index is 14.3. The van der Waals surface area contributed by atoms with Crippen molar-refractivity contribution in [3.63, 3.8) is 0 Å². The van der Waals surface area contributed by atoms with Crippen molar-refractivity contribution in [2.45, 2.75) is 74.4 Å². The molecule has 1 aliphatic carbocycles. The van der Waals surface area contributed by atoms with Crippen LogP contribution in [0.5, 0.6) is 11.5 Å². The first kappa shape index (κ1) is 34.2. The minimum Gasteiger partial charge on any atom is -0.497 e. The monoisotopic (exact) mass is 653 g/mol. The largest absolute Gasteiger partial charge is 0.497 e. The van der Waals surface area contributed by atoms with Gasteiger partial charge in [-0.3, -0.25) is 13.9 Å². The number of anilines is 1. The highest BCUT2D eigenvalue weighted by Gasteiger charge is 2.34. The molecular weight excluding hydrogens is 611 g/mol. The van der Waals surface area contributed by atoms with Crippen molar-refractivity contribution in [1.29, 1.82) is 0 Å². The van der Waals surface area contributed by atoms with E-state index in [-0.39, 0.29) is 23.4 Å². The summed E-state index contributed by atoms with van der Waals surface area (Å²) in [5.74, 6) is 0.541. The first-order valence-corrected chi connectivity index (χ1v) is 18.0. The van der Waals surface area contributed by atoms with Crippen LogP contribution >= 0.6 is 11.8 Å². The Morgan fingerprint density at radius 1 is 0.933 bits per heavy atom. The molecule has 0 aliphatic heterocycles. The molecule has 242 valence electrons.